The van der Waals surface area contributed by atoms with Crippen LogP contribution in [0, 0.1) is 6.92 Å². The Morgan fingerprint density at radius 3 is 2.69 bits per heavy atom. The van der Waals surface area contributed by atoms with E-state index in [0.717, 1.165) is 29.2 Å². The summed E-state index contributed by atoms with van der Waals surface area (Å²) >= 11 is 0. The Hall–Kier alpha value is -3.61. The van der Waals surface area contributed by atoms with Crippen LogP contribution < -0.4 is 4.90 Å². The van der Waals surface area contributed by atoms with Crippen LogP contribution in [0.2, 0.25) is 0 Å². The Morgan fingerprint density at radius 2 is 1.91 bits per heavy atom. The number of pyridine rings is 3. The monoisotopic (exact) mass is 436 g/mol. The van der Waals surface area contributed by atoms with Gasteiger partial charge in [0, 0.05) is 57.1 Å². The van der Waals surface area contributed by atoms with Crippen LogP contribution >= 0.6 is 0 Å². The van der Waals surface area contributed by atoms with Crippen molar-refractivity contribution >= 4 is 22.5 Å². The molecule has 4 aromatic heterocycles. The number of piperidine rings is 1. The number of imidazole rings is 1. The average Bonchev–Trinajstić information content (AvgIpc) is 3.25. The molecule has 0 radical (unpaired) electrons. The minimum atomic E-state index is -3.55. The van der Waals surface area contributed by atoms with Gasteiger partial charge in [-0.1, -0.05) is 0 Å². The van der Waals surface area contributed by atoms with Gasteiger partial charge in [0.1, 0.15) is 11.6 Å². The first-order chi connectivity index (χ1) is 19.3. The Bertz CT molecular complexity index is 1690. The first kappa shape index (κ1) is 11.9. The summed E-state index contributed by atoms with van der Waals surface area (Å²) in [6.45, 7) is -4.91. The summed E-state index contributed by atoms with van der Waals surface area (Å²) in [6.07, 6.45) is -6.38. The molecular weight excluding hydrogens is 400 g/mol. The average molecular weight is 437 g/mol. The van der Waals surface area contributed by atoms with Crippen molar-refractivity contribution in [3.05, 3.63) is 66.0 Å². The maximum atomic E-state index is 13.3. The molecule has 4 aromatic rings. The Labute approximate surface area is 201 Å². The molecule has 0 bridgehead atoms. The first-order valence-corrected chi connectivity index (χ1v) is 9.88. The number of anilines is 1. The Morgan fingerprint density at radius 1 is 1.06 bits per heavy atom. The summed E-state index contributed by atoms with van der Waals surface area (Å²) in [5.74, 6) is -0.243. The molecule has 1 aliphatic rings. The van der Waals surface area contributed by atoms with E-state index in [2.05, 4.69) is 15.0 Å². The standard InChI is InChI=1S/C25H26N6O/c1-17-27-16-23(30(17)2)21-7-6-19-15-28-20(13-22(19)29-21)14-24(32)18-8-9-26-25(12-18)31-10-4-3-5-11-31/h6-9,12-13,15-16H,3-5,10-11,14H2,1-2H3/i3D2,4D2,5D2,10D2,11D2. The molecule has 0 saturated carbocycles. The normalized spacial score (nSPS) is 26.6. The maximum Gasteiger partial charge on any atom is 0.169 e. The molecule has 0 aliphatic carbocycles. The van der Waals surface area contributed by atoms with Gasteiger partial charge in [-0.15, -0.1) is 0 Å². The van der Waals surface area contributed by atoms with E-state index in [1.807, 2.05) is 30.7 Å². The number of Topliss-reactive ketones (excluding diaryl/α,β-unsaturated/α-hetero) is 1. The van der Waals surface area contributed by atoms with Gasteiger partial charge in [-0.2, -0.15) is 0 Å². The van der Waals surface area contributed by atoms with Gasteiger partial charge in [0.2, 0.25) is 0 Å². The zero-order chi connectivity index (χ0) is 31.0. The number of hydrogen-bond acceptors (Lipinski definition) is 6. The smallest absolute Gasteiger partial charge is 0.169 e. The van der Waals surface area contributed by atoms with Crippen LogP contribution in [0.1, 0.15) is 54.7 Å². The number of nitrogens with zero attached hydrogens (tertiary/aromatic N) is 6. The fourth-order valence-electron chi connectivity index (χ4n) is 3.36. The molecule has 1 aliphatic heterocycles. The van der Waals surface area contributed by atoms with E-state index in [1.165, 1.54) is 6.07 Å². The first-order valence-electron chi connectivity index (χ1n) is 14.9. The van der Waals surface area contributed by atoms with Gasteiger partial charge in [-0.05, 0) is 56.4 Å². The SMILES string of the molecule is [2H]C1([2H])N(c2cc(C(=O)Cc3cc4nc(-c5cnc(C)n5C)ccc4cn3)ccn2)C([2H])([2H])C([2H])([2H])C([2H])([2H])C1([2H])[2H]. The second-order valence-electron chi connectivity index (χ2n) is 7.25. The van der Waals surface area contributed by atoms with Crippen molar-refractivity contribution in [3.8, 4) is 11.4 Å². The van der Waals surface area contributed by atoms with E-state index in [9.17, 15) is 4.79 Å². The van der Waals surface area contributed by atoms with Crippen molar-refractivity contribution in [2.24, 2.45) is 7.05 Å². The highest BCUT2D eigenvalue weighted by molar-refractivity contribution is 5.98. The largest absolute Gasteiger partial charge is 0.357 e. The highest BCUT2D eigenvalue weighted by atomic mass is 16.1. The van der Waals surface area contributed by atoms with Crippen LogP contribution in [0.4, 0.5) is 5.82 Å². The molecule has 0 unspecified atom stereocenters. The second kappa shape index (κ2) is 8.49. The number of carbonyl (C=O) groups excluding carboxylic acids is 1. The molecular formula is C25H26N6O. The van der Waals surface area contributed by atoms with Crippen molar-refractivity contribution < 1.29 is 18.5 Å². The molecule has 0 N–H and O–H groups in total. The Kier molecular flexibility index (Phi) is 3.15. The van der Waals surface area contributed by atoms with Gasteiger partial charge in [-0.25, -0.2) is 15.0 Å². The summed E-state index contributed by atoms with van der Waals surface area (Å²) in [5, 5.41) is 0.748. The summed E-state index contributed by atoms with van der Waals surface area (Å²) in [4.78, 5) is 30.7. The molecule has 1 saturated heterocycles. The van der Waals surface area contributed by atoms with Crippen molar-refractivity contribution in [2.75, 3.05) is 17.9 Å². The van der Waals surface area contributed by atoms with Gasteiger partial charge < -0.3 is 9.47 Å². The highest BCUT2D eigenvalue weighted by Crippen LogP contribution is 2.23. The third-order valence-electron chi connectivity index (χ3n) is 5.21. The molecule has 7 heteroatoms. The fraction of sp³-hybridized carbons (Fsp3) is 0.320. The zero-order valence-electron chi connectivity index (χ0n) is 27.4. The third kappa shape index (κ3) is 3.98. The van der Waals surface area contributed by atoms with E-state index < -0.39 is 43.7 Å². The number of hydrogen-bond donors (Lipinski definition) is 0. The molecule has 162 valence electrons. The summed E-state index contributed by atoms with van der Waals surface area (Å²) in [6, 6.07) is 7.71. The zero-order valence-corrected chi connectivity index (χ0v) is 17.4. The van der Waals surface area contributed by atoms with E-state index in [-0.39, 0.29) is 16.9 Å². The molecule has 7 nitrogen and oxygen atoms in total. The lowest BCUT2D eigenvalue weighted by atomic mass is 10.1. The minimum absolute atomic E-state index is 0.0322. The summed E-state index contributed by atoms with van der Waals surface area (Å²) in [5.41, 5.74) is 2.43. The van der Waals surface area contributed by atoms with E-state index in [1.54, 1.807) is 18.5 Å². The van der Waals surface area contributed by atoms with Crippen LogP contribution in [0.25, 0.3) is 22.3 Å². The van der Waals surface area contributed by atoms with Crippen LogP contribution in [-0.4, -0.2) is 43.3 Å². The van der Waals surface area contributed by atoms with Gasteiger partial charge >= 0.3 is 0 Å². The number of ketones is 1. The number of rotatable bonds is 5. The third-order valence-corrected chi connectivity index (χ3v) is 5.21. The van der Waals surface area contributed by atoms with Crippen molar-refractivity contribution in [1.29, 1.82) is 0 Å². The second-order valence-corrected chi connectivity index (χ2v) is 7.25. The van der Waals surface area contributed by atoms with Gasteiger partial charge in [0.05, 0.1) is 35.2 Å². The summed E-state index contributed by atoms with van der Waals surface area (Å²) < 4.78 is 83.9. The highest BCUT2D eigenvalue weighted by Gasteiger charge is 2.16. The Balaban J connectivity index is 1.48. The summed E-state index contributed by atoms with van der Waals surface area (Å²) in [7, 11) is 1.88. The van der Waals surface area contributed by atoms with Crippen molar-refractivity contribution in [1.82, 2.24) is 24.5 Å². The van der Waals surface area contributed by atoms with Crippen molar-refractivity contribution in [3.63, 3.8) is 0 Å². The predicted molar refractivity (Wildman–Crippen MR) is 125 cm³/mol. The van der Waals surface area contributed by atoms with Crippen molar-refractivity contribution in [2.45, 2.75) is 32.5 Å². The molecule has 0 atom stereocenters. The lowest BCUT2D eigenvalue weighted by molar-refractivity contribution is 0.0992. The quantitative estimate of drug-likeness (QED) is 0.438. The fourth-order valence-corrected chi connectivity index (χ4v) is 3.36. The minimum Gasteiger partial charge on any atom is -0.357 e. The van der Waals surface area contributed by atoms with Crippen LogP contribution in [0.5, 0.6) is 0 Å². The van der Waals surface area contributed by atoms with Gasteiger partial charge in [0.15, 0.2) is 5.78 Å². The number of aryl methyl sites for hydroxylation is 1. The molecule has 0 spiro atoms. The van der Waals surface area contributed by atoms with Gasteiger partial charge in [-0.3, -0.25) is 9.78 Å². The lowest BCUT2D eigenvalue weighted by Crippen LogP contribution is -2.30. The molecule has 0 aromatic carbocycles. The van der Waals surface area contributed by atoms with E-state index >= 15 is 0 Å². The molecule has 32 heavy (non-hydrogen) atoms. The van der Waals surface area contributed by atoms with E-state index in [0.29, 0.717) is 16.9 Å². The lowest BCUT2D eigenvalue weighted by Gasteiger charge is -2.27. The number of aromatic nitrogens is 5. The predicted octanol–water partition coefficient (Wildman–Crippen LogP) is 4.15. The topological polar surface area (TPSA) is 76.8 Å². The van der Waals surface area contributed by atoms with Crippen LogP contribution in [0.15, 0.2) is 48.9 Å². The maximum absolute atomic E-state index is 13.3. The molecule has 5 heterocycles. The molecule has 5 rings (SSSR count). The van der Waals surface area contributed by atoms with E-state index in [4.69, 9.17) is 18.7 Å². The van der Waals surface area contributed by atoms with Gasteiger partial charge in [0.25, 0.3) is 0 Å². The van der Waals surface area contributed by atoms with Crippen LogP contribution in [0.3, 0.4) is 0 Å². The molecule has 0 amide bonds. The van der Waals surface area contributed by atoms with Crippen LogP contribution in [-0.2, 0) is 13.5 Å². The molecule has 1 fully saturated rings. The number of carbonyl (C=O) groups is 1. The number of fused-ring (bicyclic) bond motifs is 1.